The molecule has 0 bridgehead atoms. The van der Waals surface area contributed by atoms with Crippen molar-refractivity contribution in [2.45, 2.75) is 10.8 Å². The van der Waals surface area contributed by atoms with Crippen molar-refractivity contribution in [1.82, 2.24) is 0 Å². The summed E-state index contributed by atoms with van der Waals surface area (Å²) in [7, 11) is 0. The summed E-state index contributed by atoms with van der Waals surface area (Å²) in [5.74, 6) is 3.59. The van der Waals surface area contributed by atoms with E-state index >= 15 is 0 Å². The molecule has 4 aliphatic rings. The molecule has 9 aromatic carbocycles. The summed E-state index contributed by atoms with van der Waals surface area (Å²) >= 11 is 0. The van der Waals surface area contributed by atoms with E-state index in [2.05, 4.69) is 217 Å². The number of rotatable bonds is 3. The van der Waals surface area contributed by atoms with Crippen molar-refractivity contribution in [1.29, 1.82) is 0 Å². The highest BCUT2D eigenvalue weighted by Gasteiger charge is 2.52. The highest BCUT2D eigenvalue weighted by molar-refractivity contribution is 5.94. The smallest absolute Gasteiger partial charge is 0.132 e. The standard InChI is InChI=1S/C56H35NO2/c1-2-16-36(17-3-1)57(37-30-32-45-41(34-37)39-18-4-6-20-43(39)55(45)47-22-8-12-26-51(47)58-52-27-13-9-23-48(52)55)38-31-33-46-42(35-38)40-19-5-7-21-44(40)56(46)49-24-10-14-28-53(49)59-54-29-15-11-25-50(54)56/h1-35H. The predicted molar refractivity (Wildman–Crippen MR) is 236 cm³/mol. The number of fused-ring (bicyclic) bond motifs is 18. The Morgan fingerprint density at radius 3 is 0.983 bits per heavy atom. The maximum atomic E-state index is 6.60. The monoisotopic (exact) mass is 753 g/mol. The molecular formula is C56H35NO2. The molecule has 0 N–H and O–H groups in total. The molecule has 2 aliphatic carbocycles. The lowest BCUT2D eigenvalue weighted by atomic mass is 9.66. The van der Waals surface area contributed by atoms with Gasteiger partial charge in [-0.1, -0.05) is 152 Å². The first kappa shape index (κ1) is 32.5. The largest absolute Gasteiger partial charge is 0.457 e. The molecule has 276 valence electrons. The molecule has 0 radical (unpaired) electrons. The molecule has 0 atom stereocenters. The van der Waals surface area contributed by atoms with Gasteiger partial charge in [-0.2, -0.15) is 0 Å². The van der Waals surface area contributed by atoms with Gasteiger partial charge in [-0.05, 0) is 105 Å². The quantitative estimate of drug-likeness (QED) is 0.179. The average Bonchev–Trinajstić information content (AvgIpc) is 3.75. The van der Waals surface area contributed by atoms with Crippen LogP contribution in [0.25, 0.3) is 22.3 Å². The number of anilines is 3. The molecule has 0 saturated heterocycles. The lowest BCUT2D eigenvalue weighted by Gasteiger charge is -2.39. The van der Waals surface area contributed by atoms with Gasteiger partial charge in [0, 0.05) is 39.3 Å². The minimum Gasteiger partial charge on any atom is -0.457 e. The SMILES string of the molecule is c1ccc(N(c2ccc3c(c2)-c2ccccc2C32c3ccccc3Oc3ccccc32)c2ccc3c(c2)-c2ccccc2C32c3ccccc3Oc3ccccc32)cc1. The number of hydrogen-bond acceptors (Lipinski definition) is 3. The number of para-hydroxylation sites is 5. The van der Waals surface area contributed by atoms with Crippen LogP contribution in [0, 0.1) is 0 Å². The summed E-state index contributed by atoms with van der Waals surface area (Å²) in [5, 5.41) is 0. The van der Waals surface area contributed by atoms with E-state index in [9.17, 15) is 0 Å². The second-order valence-electron chi connectivity index (χ2n) is 15.9. The van der Waals surface area contributed by atoms with Crippen molar-refractivity contribution in [3.8, 4) is 45.3 Å². The minimum atomic E-state index is -0.518. The first-order valence-electron chi connectivity index (χ1n) is 20.3. The van der Waals surface area contributed by atoms with Gasteiger partial charge in [0.2, 0.25) is 0 Å². The Morgan fingerprint density at radius 1 is 0.254 bits per heavy atom. The number of ether oxygens (including phenoxy) is 2. The van der Waals surface area contributed by atoms with E-state index in [4.69, 9.17) is 9.47 Å². The van der Waals surface area contributed by atoms with Gasteiger partial charge in [-0.3, -0.25) is 0 Å². The second kappa shape index (κ2) is 12.0. The molecule has 2 spiro atoms. The third-order valence-corrected chi connectivity index (χ3v) is 13.2. The fourth-order valence-corrected chi connectivity index (χ4v) is 11.0. The second-order valence-corrected chi connectivity index (χ2v) is 15.9. The van der Waals surface area contributed by atoms with Crippen molar-refractivity contribution < 1.29 is 9.47 Å². The summed E-state index contributed by atoms with van der Waals surface area (Å²) in [6, 6.07) is 77.0. The zero-order valence-electron chi connectivity index (χ0n) is 32.0. The Balaban J connectivity index is 1.04. The van der Waals surface area contributed by atoms with Crippen LogP contribution < -0.4 is 14.4 Å². The summed E-state index contributed by atoms with van der Waals surface area (Å²) in [4.78, 5) is 2.42. The van der Waals surface area contributed by atoms with Crippen LogP contribution in [0.2, 0.25) is 0 Å². The van der Waals surface area contributed by atoms with Crippen LogP contribution in [0.4, 0.5) is 17.1 Å². The van der Waals surface area contributed by atoms with Gasteiger partial charge >= 0.3 is 0 Å². The van der Waals surface area contributed by atoms with E-state index in [0.717, 1.165) is 40.1 Å². The number of nitrogens with zero attached hydrogens (tertiary/aromatic N) is 1. The van der Waals surface area contributed by atoms with Gasteiger partial charge in [0.15, 0.2) is 0 Å². The fourth-order valence-electron chi connectivity index (χ4n) is 11.0. The van der Waals surface area contributed by atoms with E-state index in [1.54, 1.807) is 0 Å². The van der Waals surface area contributed by atoms with Crippen LogP contribution in [0.5, 0.6) is 23.0 Å². The Bertz CT molecular complexity index is 2910. The zero-order valence-corrected chi connectivity index (χ0v) is 32.0. The van der Waals surface area contributed by atoms with Crippen molar-refractivity contribution in [3.63, 3.8) is 0 Å². The maximum absolute atomic E-state index is 6.60. The van der Waals surface area contributed by atoms with E-state index < -0.39 is 10.8 Å². The van der Waals surface area contributed by atoms with Gasteiger partial charge < -0.3 is 14.4 Å². The first-order chi connectivity index (χ1) is 29.3. The van der Waals surface area contributed by atoms with Gasteiger partial charge in [0.05, 0.1) is 10.8 Å². The normalized spacial score (nSPS) is 14.6. The summed E-state index contributed by atoms with van der Waals surface area (Å²) in [6.07, 6.45) is 0. The van der Waals surface area contributed by atoms with Gasteiger partial charge in [-0.15, -0.1) is 0 Å². The minimum absolute atomic E-state index is 0.518. The molecule has 0 fully saturated rings. The van der Waals surface area contributed by atoms with Gasteiger partial charge in [0.25, 0.3) is 0 Å². The van der Waals surface area contributed by atoms with Crippen molar-refractivity contribution >= 4 is 17.1 Å². The number of benzene rings is 9. The summed E-state index contributed by atoms with van der Waals surface area (Å²) in [6.45, 7) is 0. The van der Waals surface area contributed by atoms with E-state index in [1.165, 1.54) is 66.8 Å². The molecule has 59 heavy (non-hydrogen) atoms. The fraction of sp³-hybridized carbons (Fsp3) is 0.0357. The molecular weight excluding hydrogens is 719 g/mol. The zero-order chi connectivity index (χ0) is 38.7. The molecule has 2 heterocycles. The molecule has 0 unspecified atom stereocenters. The lowest BCUT2D eigenvalue weighted by Crippen LogP contribution is -2.32. The predicted octanol–water partition coefficient (Wildman–Crippen LogP) is 14.1. The van der Waals surface area contributed by atoms with Gasteiger partial charge in [-0.25, -0.2) is 0 Å². The van der Waals surface area contributed by atoms with E-state index in [1.807, 2.05) is 0 Å². The van der Waals surface area contributed by atoms with Crippen LogP contribution in [0.3, 0.4) is 0 Å². The van der Waals surface area contributed by atoms with Crippen LogP contribution in [-0.4, -0.2) is 0 Å². The Morgan fingerprint density at radius 2 is 0.576 bits per heavy atom. The highest BCUT2D eigenvalue weighted by Crippen LogP contribution is 2.64. The topological polar surface area (TPSA) is 21.7 Å². The Labute approximate surface area is 343 Å². The van der Waals surface area contributed by atoms with Crippen LogP contribution in [0.15, 0.2) is 212 Å². The average molecular weight is 754 g/mol. The molecule has 3 nitrogen and oxygen atoms in total. The van der Waals surface area contributed by atoms with E-state index in [0.29, 0.717) is 0 Å². The Kier molecular flexibility index (Phi) is 6.58. The third kappa shape index (κ3) is 4.16. The van der Waals surface area contributed by atoms with E-state index in [-0.39, 0.29) is 0 Å². The van der Waals surface area contributed by atoms with Crippen LogP contribution in [0.1, 0.15) is 44.5 Å². The highest BCUT2D eigenvalue weighted by atomic mass is 16.5. The molecule has 3 heteroatoms. The van der Waals surface area contributed by atoms with Crippen LogP contribution in [-0.2, 0) is 10.8 Å². The van der Waals surface area contributed by atoms with Crippen molar-refractivity contribution in [2.75, 3.05) is 4.90 Å². The van der Waals surface area contributed by atoms with Crippen LogP contribution >= 0.6 is 0 Å². The number of hydrogen-bond donors (Lipinski definition) is 0. The molecule has 13 rings (SSSR count). The van der Waals surface area contributed by atoms with Crippen molar-refractivity contribution in [2.24, 2.45) is 0 Å². The summed E-state index contributed by atoms with van der Waals surface area (Å²) < 4.78 is 13.2. The molecule has 0 saturated carbocycles. The Hall–Kier alpha value is -7.62. The lowest BCUT2D eigenvalue weighted by molar-refractivity contribution is 0.436. The molecule has 0 aromatic heterocycles. The van der Waals surface area contributed by atoms with Crippen molar-refractivity contribution in [3.05, 3.63) is 257 Å². The first-order valence-corrected chi connectivity index (χ1v) is 20.3. The summed E-state index contributed by atoms with van der Waals surface area (Å²) in [5.41, 5.74) is 16.9. The molecule has 0 amide bonds. The van der Waals surface area contributed by atoms with Gasteiger partial charge in [0.1, 0.15) is 23.0 Å². The maximum Gasteiger partial charge on any atom is 0.132 e. The molecule has 2 aliphatic heterocycles. The molecule has 9 aromatic rings. The third-order valence-electron chi connectivity index (χ3n) is 13.2.